The first-order valence-electron chi connectivity index (χ1n) is 39.7. The highest BCUT2D eigenvalue weighted by Gasteiger charge is 2.52. The number of likely N-dealkylation sites (N-methyl/N-ethyl adjacent to an activating group) is 1. The first kappa shape index (κ1) is 94.1. The van der Waals surface area contributed by atoms with E-state index in [1.165, 1.54) is 51.3 Å². The van der Waals surface area contributed by atoms with Gasteiger partial charge in [0.15, 0.2) is 29.9 Å². The van der Waals surface area contributed by atoms with Crippen molar-refractivity contribution in [2.75, 3.05) is 39.6 Å². The van der Waals surface area contributed by atoms with Crippen molar-refractivity contribution in [2.24, 2.45) is 11.7 Å². The third kappa shape index (κ3) is 23.0. The molecule has 0 aliphatic carbocycles. The fraction of sp³-hybridized carbons (Fsp3) is 0.525. The fourth-order valence-electron chi connectivity index (χ4n) is 15.2. The first-order chi connectivity index (χ1) is 57.3. The van der Waals surface area contributed by atoms with Gasteiger partial charge in [-0.3, -0.25) is 38.1 Å². The number of carbonyl (C=O) groups excluding carboxylic acids is 7. The molecule has 18 atom stereocenters. The predicted octanol–water partition coefficient (Wildman–Crippen LogP) is 2.69. The van der Waals surface area contributed by atoms with Crippen LogP contribution in [0.3, 0.4) is 0 Å². The highest BCUT2D eigenvalue weighted by molar-refractivity contribution is 7.51. The lowest BCUT2D eigenvalue weighted by atomic mass is 9.85. The summed E-state index contributed by atoms with van der Waals surface area (Å²) in [6.07, 6.45) is -10.6. The molecule has 5 aromatic carbocycles. The van der Waals surface area contributed by atoms with Crippen LogP contribution in [0, 0.1) is 5.92 Å². The number of rotatable bonds is 30. The molecular formula is C80H106Cl2N11O27P. The molecule has 5 aromatic rings. The smallest absolute Gasteiger partial charge is 0.339 e. The lowest BCUT2D eigenvalue weighted by Crippen LogP contribution is -2.65. The van der Waals surface area contributed by atoms with Crippen molar-refractivity contribution < 1.29 is 132 Å². The zero-order valence-corrected chi connectivity index (χ0v) is 69.5. The number of carboxylic acid groups (broad SMARTS) is 1. The van der Waals surface area contributed by atoms with Crippen LogP contribution in [0.4, 0.5) is 0 Å². The lowest BCUT2D eigenvalue weighted by Gasteiger charge is -2.48. The Morgan fingerprint density at radius 1 is 0.694 bits per heavy atom. The standard InChI is InChI=1S/C80H106Cl2N11O27P/c1-7-8-9-10-11-12-13-14-21-85-22-23-87-80(5)32-57(115-37(4)71(80)103)119-70-68(102)67(101)55(34-94)118-79(70)120-69-53-28-41-29-54(69)117-52-20-17-40(27-46(52)82)65(99)63-77(109)91-61(78(110)111)43-30-50(96)44(33-86-35-121(112,113)114)66(100)58(43)42-25-38(15-18-49(42)95)59(74(106)93-63)90-75(107)60(41)89-73(105)48(31-56(83)97)88-76(108)62(92-72(104)47(84-6)24-36(2)3)64(98)39-16-19-51(116-53)45(81)26-39/h15-20,25-30,36-37,47-48,55,57,59-65,67-68,70-71,79,84-87,94-96,98-103H,7-14,21-24,31-35H2,1-6H3,(H2,83,97)(H,88,108)(H,89,105)(H,90,107)(H,91,109)(H,92,104)(H,93,106)(H,110,111)(H2,112,113,114)/t37?,47-,48+,55?,57?,59-,60-,61+,62-,63+,64-,65-,67?,68?,70?,71?,79?,80?/m1/s1. The molecule has 11 bridgehead atoms. The van der Waals surface area contributed by atoms with E-state index in [1.807, 2.05) is 13.8 Å². The van der Waals surface area contributed by atoms with Crippen LogP contribution in [0.2, 0.25) is 10.0 Å². The van der Waals surface area contributed by atoms with Crippen LogP contribution < -0.4 is 73.1 Å². The number of phenolic OH excluding ortho intramolecular Hbond substituents is 3. The van der Waals surface area contributed by atoms with E-state index < -0.39 is 269 Å². The lowest BCUT2D eigenvalue weighted by molar-refractivity contribution is -0.334. The van der Waals surface area contributed by atoms with Gasteiger partial charge in [-0.2, -0.15) is 0 Å². The van der Waals surface area contributed by atoms with Crippen molar-refractivity contribution in [1.29, 1.82) is 0 Å². The van der Waals surface area contributed by atoms with Crippen molar-refractivity contribution in [3.8, 4) is 57.1 Å². The minimum Gasteiger partial charge on any atom is -0.507 e. The summed E-state index contributed by atoms with van der Waals surface area (Å²) in [5.41, 5.74) is 0.545. The van der Waals surface area contributed by atoms with Gasteiger partial charge in [-0.1, -0.05) is 107 Å². The molecule has 0 radical (unpaired) electrons. The van der Waals surface area contributed by atoms with Crippen LogP contribution in [-0.4, -0.2) is 227 Å². The summed E-state index contributed by atoms with van der Waals surface area (Å²) in [4.78, 5) is 138. The highest BCUT2D eigenvalue weighted by Crippen LogP contribution is 2.51. The highest BCUT2D eigenvalue weighted by atomic mass is 35.5. The van der Waals surface area contributed by atoms with Crippen molar-refractivity contribution in [3.05, 3.63) is 116 Å². The van der Waals surface area contributed by atoms with E-state index in [-0.39, 0.29) is 40.7 Å². The number of nitrogens with two attached hydrogens (primary N) is 1. The Labute approximate surface area is 705 Å². The Bertz CT molecular complexity index is 4650. The summed E-state index contributed by atoms with van der Waals surface area (Å²) in [5.74, 6) is -17.1. The molecule has 7 aliphatic rings. The van der Waals surface area contributed by atoms with E-state index in [4.69, 9.17) is 57.4 Å². The van der Waals surface area contributed by atoms with E-state index in [9.17, 15) is 79.8 Å². The molecule has 0 aromatic heterocycles. The van der Waals surface area contributed by atoms with Crippen molar-refractivity contribution in [1.82, 2.24) is 53.2 Å². The monoisotopic (exact) mass is 1750 g/mol. The third-order valence-corrected chi connectivity index (χ3v) is 22.9. The number of phenols is 3. The fourth-order valence-corrected chi connectivity index (χ4v) is 16.0. The van der Waals surface area contributed by atoms with Crippen LogP contribution in [0.5, 0.6) is 46.0 Å². The maximum Gasteiger partial charge on any atom is 0.339 e. The number of nitrogens with one attached hydrogen (secondary N) is 10. The molecule has 38 nitrogen and oxygen atoms in total. The molecule has 7 amide bonds. The van der Waals surface area contributed by atoms with Crippen molar-refractivity contribution in [2.45, 2.75) is 221 Å². The van der Waals surface area contributed by atoms with Gasteiger partial charge in [0.1, 0.15) is 89.5 Å². The number of hydrogen-bond acceptors (Lipinski definition) is 28. The number of aromatic hydroxyl groups is 3. The van der Waals surface area contributed by atoms with E-state index in [2.05, 4.69) is 60.1 Å². The number of hydrogen-bond donors (Lipinski definition) is 23. The number of ether oxygens (including phenoxy) is 6. The van der Waals surface area contributed by atoms with Gasteiger partial charge < -0.3 is 148 Å². The quantitative estimate of drug-likeness (QED) is 0.0232. The molecule has 9 unspecified atom stereocenters. The number of amides is 7. The van der Waals surface area contributed by atoms with E-state index in [1.54, 1.807) is 13.8 Å². The Morgan fingerprint density at radius 3 is 1.91 bits per heavy atom. The summed E-state index contributed by atoms with van der Waals surface area (Å²) in [7, 11) is -3.38. The molecule has 7 heterocycles. The second-order valence-corrected chi connectivity index (χ2v) is 33.7. The molecule has 41 heteroatoms. The zero-order valence-electron chi connectivity index (χ0n) is 67.1. The molecule has 24 N–H and O–H groups in total. The van der Waals surface area contributed by atoms with E-state index >= 15 is 24.0 Å². The number of aliphatic carboxylic acids is 1. The summed E-state index contributed by atoms with van der Waals surface area (Å²) < 4.78 is 51.4. The summed E-state index contributed by atoms with van der Waals surface area (Å²) in [6, 6.07) is -2.39. The summed E-state index contributed by atoms with van der Waals surface area (Å²) in [6.45, 7) is 8.98. The predicted molar refractivity (Wildman–Crippen MR) is 432 cm³/mol. The molecule has 121 heavy (non-hydrogen) atoms. The molecule has 0 saturated carbocycles. The zero-order chi connectivity index (χ0) is 88.2. The third-order valence-electron chi connectivity index (χ3n) is 21.7. The van der Waals surface area contributed by atoms with Crippen molar-refractivity contribution >= 4 is 78.1 Å². The average molecular weight is 1760 g/mol. The van der Waals surface area contributed by atoms with Gasteiger partial charge in [0.05, 0.1) is 53.2 Å². The van der Waals surface area contributed by atoms with Gasteiger partial charge in [-0.25, -0.2) is 4.79 Å². The number of halogens is 2. The van der Waals surface area contributed by atoms with Gasteiger partial charge in [0.25, 0.3) is 0 Å². The summed E-state index contributed by atoms with van der Waals surface area (Å²) in [5, 5.41) is 144. The maximum atomic E-state index is 16.3. The number of carbonyl (C=O) groups is 8. The van der Waals surface area contributed by atoms with Gasteiger partial charge >= 0.3 is 13.6 Å². The Balaban J connectivity index is 1.17. The minimum atomic E-state index is -4.85. The largest absolute Gasteiger partial charge is 0.507 e. The van der Waals surface area contributed by atoms with Crippen LogP contribution in [0.25, 0.3) is 11.1 Å². The SMILES string of the molecule is CCCCCCCCCCNCCNC1(C)CC(OC2C(Oc3c4cc5cc3Oc3ccc(cc3Cl)[C@@H](O)[C@@H](NC(=O)[C@@H](CC(C)C)NC)C(=O)N[C@@H](CC(N)=O)C(=O)N[C@H]5C(=O)N[C@H]3C(=O)N[C@H](C(=O)N[C@H](C(=O)O)c5cc(O)c(CNCP(=O)(O)O)c(O)c5-c5cc3ccc5O)[C@H](O)c3ccc(c(Cl)c3)O4)OC(CO)C(O)C2O)OC(C)C1O. The maximum absolute atomic E-state index is 16.3. The number of aliphatic hydroxyl groups is 6. The second kappa shape index (κ2) is 41.4. The Hall–Kier alpha value is -9.13. The minimum absolute atomic E-state index is 0.123. The number of aliphatic hydroxyl groups excluding tert-OH is 6. The van der Waals surface area contributed by atoms with Crippen LogP contribution >= 0.6 is 30.8 Å². The van der Waals surface area contributed by atoms with Gasteiger partial charge in [-0.15, -0.1) is 0 Å². The number of carboxylic acids is 1. The normalized spacial score (nSPS) is 26.7. The summed E-state index contributed by atoms with van der Waals surface area (Å²) >= 11 is 14.3. The van der Waals surface area contributed by atoms with E-state index in [0.29, 0.717) is 13.1 Å². The molecular weight excluding hydrogens is 1650 g/mol. The molecule has 662 valence electrons. The van der Waals surface area contributed by atoms with Crippen LogP contribution in [0.1, 0.15) is 169 Å². The van der Waals surface area contributed by atoms with Crippen LogP contribution in [0.15, 0.2) is 72.8 Å². The molecule has 0 spiro atoms. The molecule has 2 fully saturated rings. The Morgan fingerprint density at radius 2 is 1.31 bits per heavy atom. The number of fused-ring (bicyclic) bond motifs is 15. The molecule has 2 saturated heterocycles. The van der Waals surface area contributed by atoms with Gasteiger partial charge in [0, 0.05) is 48.3 Å². The number of benzene rings is 5. The van der Waals surface area contributed by atoms with Crippen molar-refractivity contribution in [3.63, 3.8) is 0 Å². The van der Waals surface area contributed by atoms with Gasteiger partial charge in [0.2, 0.25) is 53.4 Å². The number of unbranched alkanes of at least 4 members (excludes halogenated alkanes) is 7. The average Bonchev–Trinajstić information content (AvgIpc) is 1.36. The van der Waals surface area contributed by atoms with Crippen LogP contribution in [-0.2, 0) is 63.7 Å². The van der Waals surface area contributed by atoms with Gasteiger partial charge in [-0.05, 0) is 123 Å². The van der Waals surface area contributed by atoms with E-state index in [0.717, 1.165) is 86.5 Å². The second-order valence-electron chi connectivity index (χ2n) is 31.3. The molecule has 12 rings (SSSR count). The first-order valence-corrected chi connectivity index (χ1v) is 42.3. The topological polar surface area (TPSA) is 598 Å². The Kier molecular flexibility index (Phi) is 32.2. The number of primary amides is 1. The molecule has 7 aliphatic heterocycles.